The van der Waals surface area contributed by atoms with Crippen LogP contribution in [0.2, 0.25) is 0 Å². The summed E-state index contributed by atoms with van der Waals surface area (Å²) < 4.78 is 6.79. The summed E-state index contributed by atoms with van der Waals surface area (Å²) in [5, 5.41) is 2.42. The highest BCUT2D eigenvalue weighted by atomic mass is 16.3. The van der Waals surface area contributed by atoms with Crippen molar-refractivity contribution in [1.82, 2.24) is 0 Å². The lowest BCUT2D eigenvalue weighted by Gasteiger charge is -2.31. The molecule has 0 spiro atoms. The molecule has 2 atom stereocenters. The smallest absolute Gasteiger partial charge is 0.154 e. The summed E-state index contributed by atoms with van der Waals surface area (Å²) in [7, 11) is 0. The van der Waals surface area contributed by atoms with Crippen LogP contribution in [0, 0.1) is 0 Å². The van der Waals surface area contributed by atoms with Gasteiger partial charge in [0.25, 0.3) is 0 Å². The van der Waals surface area contributed by atoms with Crippen molar-refractivity contribution in [3.8, 4) is 11.1 Å². The molecule has 0 saturated carbocycles. The van der Waals surface area contributed by atoms with Crippen LogP contribution in [0.15, 0.2) is 156 Å². The van der Waals surface area contributed by atoms with E-state index in [1.807, 2.05) is 0 Å². The molecule has 0 saturated heterocycles. The molecule has 8 rings (SSSR count). The predicted molar refractivity (Wildman–Crippen MR) is 184 cm³/mol. The Labute approximate surface area is 259 Å². The molecule has 3 aliphatic rings. The fourth-order valence-electron chi connectivity index (χ4n) is 7.00. The molecule has 4 aromatic carbocycles. The van der Waals surface area contributed by atoms with Gasteiger partial charge < -0.3 is 9.32 Å². The Bertz CT molecular complexity index is 2060. The van der Waals surface area contributed by atoms with Gasteiger partial charge in [-0.3, -0.25) is 0 Å². The number of hydrogen-bond donors (Lipinski definition) is 0. The standard InChI is InChI=1S/C42H35NO/c1-4-12-30(13-5-1)32-22-26-35(27-23-32)43(36-28-24-33(25-29-36)31-14-6-2-7-15-31)39-20-10-19-38-41-37(34-16-8-3-9-17-34)18-11-21-40(41)44-42(38)39/h1-9,11-14,16-19,21-22,24-29,31-32H,10,15,20,23H2. The number of allylic oxidation sites excluding steroid dienone is 7. The largest absolute Gasteiger partial charge is 0.454 e. The third-order valence-electron chi connectivity index (χ3n) is 9.22. The molecule has 3 aliphatic carbocycles. The Morgan fingerprint density at radius 1 is 0.659 bits per heavy atom. The average Bonchev–Trinajstić information content (AvgIpc) is 3.50. The lowest BCUT2D eigenvalue weighted by molar-refractivity contribution is 0.565. The first-order valence-corrected chi connectivity index (χ1v) is 15.8. The van der Waals surface area contributed by atoms with Gasteiger partial charge in [-0.15, -0.1) is 0 Å². The van der Waals surface area contributed by atoms with Gasteiger partial charge in [0.1, 0.15) is 5.58 Å². The number of hydrogen-bond acceptors (Lipinski definition) is 2. The molecular formula is C42H35NO. The van der Waals surface area contributed by atoms with Gasteiger partial charge >= 0.3 is 0 Å². The van der Waals surface area contributed by atoms with Gasteiger partial charge in [0.05, 0.1) is 5.70 Å². The summed E-state index contributed by atoms with van der Waals surface area (Å²) in [5.74, 6) is 0.813. The number of furan rings is 1. The maximum Gasteiger partial charge on any atom is 0.154 e. The molecule has 214 valence electrons. The summed E-state index contributed by atoms with van der Waals surface area (Å²) in [4.78, 5) is 2.45. The first-order valence-electron chi connectivity index (χ1n) is 15.8. The van der Waals surface area contributed by atoms with Crippen LogP contribution in [0.3, 0.4) is 0 Å². The van der Waals surface area contributed by atoms with E-state index >= 15 is 0 Å². The van der Waals surface area contributed by atoms with Gasteiger partial charge in [-0.25, -0.2) is 0 Å². The number of rotatable bonds is 6. The molecule has 0 aliphatic heterocycles. The van der Waals surface area contributed by atoms with Gasteiger partial charge in [-0.1, -0.05) is 127 Å². The summed E-state index contributed by atoms with van der Waals surface area (Å²) in [6, 6.07) is 37.1. The fourth-order valence-corrected chi connectivity index (χ4v) is 7.00. The van der Waals surface area contributed by atoms with Gasteiger partial charge in [-0.2, -0.15) is 0 Å². The lowest BCUT2D eigenvalue weighted by Crippen LogP contribution is -2.35. The van der Waals surface area contributed by atoms with Crippen LogP contribution in [0.4, 0.5) is 5.69 Å². The SMILES string of the molecule is C1=CCC(c2ccc(N(C3=CCC(c4ccccc4)C=C3)C3=c4oc5cccc(-c6ccccc6)c5c4=CCC3)cc2)C=C1. The second-order valence-electron chi connectivity index (χ2n) is 11.9. The van der Waals surface area contributed by atoms with Crippen molar-refractivity contribution >= 4 is 28.4 Å². The lowest BCUT2D eigenvalue weighted by atomic mass is 9.90. The van der Waals surface area contributed by atoms with Crippen molar-refractivity contribution in [2.75, 3.05) is 4.90 Å². The molecule has 2 nitrogen and oxygen atoms in total. The van der Waals surface area contributed by atoms with E-state index in [4.69, 9.17) is 4.42 Å². The second kappa shape index (κ2) is 11.5. The number of fused-ring (bicyclic) bond motifs is 3. The van der Waals surface area contributed by atoms with Crippen LogP contribution in [-0.2, 0) is 0 Å². The van der Waals surface area contributed by atoms with Crippen LogP contribution in [0.5, 0.6) is 0 Å². The average molecular weight is 570 g/mol. The van der Waals surface area contributed by atoms with Crippen molar-refractivity contribution in [3.63, 3.8) is 0 Å². The Morgan fingerprint density at radius 2 is 1.43 bits per heavy atom. The third kappa shape index (κ3) is 4.87. The first kappa shape index (κ1) is 26.5. The molecule has 0 radical (unpaired) electrons. The minimum Gasteiger partial charge on any atom is -0.454 e. The van der Waals surface area contributed by atoms with Gasteiger partial charge in [0.2, 0.25) is 0 Å². The van der Waals surface area contributed by atoms with Gasteiger partial charge in [-0.05, 0) is 72.2 Å². The summed E-state index contributed by atoms with van der Waals surface area (Å²) in [6.45, 7) is 0. The van der Waals surface area contributed by atoms with Crippen LogP contribution >= 0.6 is 0 Å². The topological polar surface area (TPSA) is 16.4 Å². The fraction of sp³-hybridized carbons (Fsp3) is 0.143. The van der Waals surface area contributed by atoms with E-state index in [1.165, 1.54) is 49.9 Å². The highest BCUT2D eigenvalue weighted by Gasteiger charge is 2.24. The predicted octanol–water partition coefficient (Wildman–Crippen LogP) is 9.52. The summed E-state index contributed by atoms with van der Waals surface area (Å²) in [5.41, 5.74) is 10.7. The third-order valence-corrected chi connectivity index (χ3v) is 9.22. The van der Waals surface area contributed by atoms with Gasteiger partial charge in [0.15, 0.2) is 5.42 Å². The van der Waals surface area contributed by atoms with E-state index < -0.39 is 0 Å². The van der Waals surface area contributed by atoms with E-state index in [2.05, 4.69) is 157 Å². The van der Waals surface area contributed by atoms with Crippen molar-refractivity contribution in [2.24, 2.45) is 0 Å². The minimum absolute atomic E-state index is 0.384. The van der Waals surface area contributed by atoms with Gasteiger partial charge in [0, 0.05) is 33.8 Å². The van der Waals surface area contributed by atoms with Crippen molar-refractivity contribution < 1.29 is 4.42 Å². The Balaban J connectivity index is 1.27. The number of nitrogens with zero attached hydrogens (tertiary/aromatic N) is 1. The van der Waals surface area contributed by atoms with Crippen LogP contribution in [0.1, 0.15) is 48.6 Å². The molecule has 0 fully saturated rings. The molecule has 1 aromatic heterocycles. The Kier molecular flexibility index (Phi) is 6.96. The van der Waals surface area contributed by atoms with E-state index in [-0.39, 0.29) is 0 Å². The minimum atomic E-state index is 0.384. The number of benzene rings is 4. The molecular weight excluding hydrogens is 534 g/mol. The zero-order valence-corrected chi connectivity index (χ0v) is 24.8. The highest BCUT2D eigenvalue weighted by molar-refractivity contribution is 5.95. The molecule has 2 unspecified atom stereocenters. The van der Waals surface area contributed by atoms with Crippen molar-refractivity contribution in [3.05, 3.63) is 173 Å². The quantitative estimate of drug-likeness (QED) is 0.202. The molecule has 1 heterocycles. The Hall–Kier alpha value is -5.08. The highest BCUT2D eigenvalue weighted by Crippen LogP contribution is 2.36. The van der Waals surface area contributed by atoms with Crippen LogP contribution in [0.25, 0.3) is 33.9 Å². The molecule has 0 N–H and O–H groups in total. The monoisotopic (exact) mass is 569 g/mol. The van der Waals surface area contributed by atoms with Crippen molar-refractivity contribution in [2.45, 2.75) is 37.5 Å². The van der Waals surface area contributed by atoms with Crippen LogP contribution < -0.4 is 15.5 Å². The zero-order valence-electron chi connectivity index (χ0n) is 24.8. The maximum atomic E-state index is 6.79. The second-order valence-corrected chi connectivity index (χ2v) is 11.9. The van der Waals surface area contributed by atoms with Crippen LogP contribution in [-0.4, -0.2) is 0 Å². The molecule has 5 aromatic rings. The molecule has 0 amide bonds. The summed E-state index contributed by atoms with van der Waals surface area (Å²) in [6.07, 6.45) is 22.2. The van der Waals surface area contributed by atoms with Crippen molar-refractivity contribution in [1.29, 1.82) is 0 Å². The molecule has 0 bridgehead atoms. The molecule has 44 heavy (non-hydrogen) atoms. The van der Waals surface area contributed by atoms with E-state index in [0.717, 1.165) is 36.7 Å². The zero-order chi connectivity index (χ0) is 29.3. The Morgan fingerprint density at radius 3 is 2.18 bits per heavy atom. The van der Waals surface area contributed by atoms with E-state index in [0.29, 0.717) is 11.8 Å². The normalized spacial score (nSPS) is 19.0. The first-order chi connectivity index (χ1) is 21.8. The summed E-state index contributed by atoms with van der Waals surface area (Å²) >= 11 is 0. The maximum absolute atomic E-state index is 6.79. The number of anilines is 1. The van der Waals surface area contributed by atoms with E-state index in [9.17, 15) is 0 Å². The molecule has 2 heteroatoms. The van der Waals surface area contributed by atoms with E-state index in [1.54, 1.807) is 0 Å².